The van der Waals surface area contributed by atoms with E-state index in [1.807, 2.05) is 0 Å². The van der Waals surface area contributed by atoms with E-state index in [4.69, 9.17) is 0 Å². The lowest BCUT2D eigenvalue weighted by Gasteiger charge is -2.58. The van der Waals surface area contributed by atoms with Crippen molar-refractivity contribution in [2.75, 3.05) is 26.2 Å². The maximum Gasteiger partial charge on any atom is 0.0602 e. The standard InChI is InChI=1S/C42H43N3/c1-5-17-33(18-6-1)41(34-19-7-2-8-20-34)43-28-37(29-43)45(40-27-15-25-32-16-13-14-26-39(32)40)38-30-44(31-38)42(35-21-9-3-10-22-35)36-23-11-4-12-24-36/h1-14,16-24,26,37-38,40-42H,15,25,27-31H2. The molecule has 3 nitrogen and oxygen atoms in total. The molecule has 45 heavy (non-hydrogen) atoms. The Morgan fingerprint density at radius 2 is 0.844 bits per heavy atom. The average Bonchev–Trinajstić information content (AvgIpc) is 3.07. The van der Waals surface area contributed by atoms with Gasteiger partial charge < -0.3 is 0 Å². The molecule has 226 valence electrons. The summed E-state index contributed by atoms with van der Waals surface area (Å²) in [6, 6.07) is 55.9. The number of nitrogens with zero attached hydrogens (tertiary/aromatic N) is 3. The van der Waals surface area contributed by atoms with Crippen molar-refractivity contribution in [3.05, 3.63) is 179 Å². The summed E-state index contributed by atoms with van der Waals surface area (Å²) in [5.41, 5.74) is 8.69. The van der Waals surface area contributed by atoms with Crippen LogP contribution in [-0.4, -0.2) is 53.0 Å². The third-order valence-corrected chi connectivity index (χ3v) is 10.5. The first kappa shape index (κ1) is 28.5. The van der Waals surface area contributed by atoms with Gasteiger partial charge >= 0.3 is 0 Å². The van der Waals surface area contributed by atoms with Crippen LogP contribution < -0.4 is 0 Å². The fourth-order valence-corrected chi connectivity index (χ4v) is 8.39. The molecule has 0 aromatic heterocycles. The smallest absolute Gasteiger partial charge is 0.0602 e. The monoisotopic (exact) mass is 589 g/mol. The van der Waals surface area contributed by atoms with E-state index in [0.29, 0.717) is 30.2 Å². The van der Waals surface area contributed by atoms with Crippen molar-refractivity contribution in [3.63, 3.8) is 0 Å². The number of fused-ring (bicyclic) bond motifs is 1. The molecule has 8 rings (SSSR count). The van der Waals surface area contributed by atoms with Gasteiger partial charge in [-0.25, -0.2) is 0 Å². The highest BCUT2D eigenvalue weighted by molar-refractivity contribution is 5.36. The number of aryl methyl sites for hydroxylation is 1. The van der Waals surface area contributed by atoms with E-state index in [1.165, 1.54) is 41.5 Å². The third-order valence-electron chi connectivity index (χ3n) is 10.5. The summed E-state index contributed by atoms with van der Waals surface area (Å²) in [7, 11) is 0. The number of hydrogen-bond donors (Lipinski definition) is 0. The van der Waals surface area contributed by atoms with Gasteiger partial charge in [-0.15, -0.1) is 0 Å². The van der Waals surface area contributed by atoms with Crippen LogP contribution in [0.5, 0.6) is 0 Å². The topological polar surface area (TPSA) is 9.72 Å². The molecule has 1 atom stereocenters. The molecule has 0 saturated carbocycles. The van der Waals surface area contributed by atoms with Crippen molar-refractivity contribution in [1.82, 2.24) is 14.7 Å². The molecule has 1 aliphatic carbocycles. The van der Waals surface area contributed by atoms with E-state index in [1.54, 1.807) is 11.1 Å². The maximum atomic E-state index is 2.98. The summed E-state index contributed by atoms with van der Waals surface area (Å²) >= 11 is 0. The minimum Gasteiger partial charge on any atom is -0.289 e. The molecular formula is C42H43N3. The molecule has 5 aromatic carbocycles. The zero-order valence-corrected chi connectivity index (χ0v) is 26.0. The molecule has 0 radical (unpaired) electrons. The van der Waals surface area contributed by atoms with Gasteiger partial charge in [0.25, 0.3) is 0 Å². The zero-order chi connectivity index (χ0) is 30.0. The van der Waals surface area contributed by atoms with Crippen molar-refractivity contribution >= 4 is 0 Å². The Balaban J connectivity index is 1.08. The third kappa shape index (κ3) is 5.66. The molecular weight excluding hydrogens is 546 g/mol. The second-order valence-corrected chi connectivity index (χ2v) is 13.2. The summed E-state index contributed by atoms with van der Waals surface area (Å²) in [6.07, 6.45) is 3.74. The predicted molar refractivity (Wildman–Crippen MR) is 184 cm³/mol. The quantitative estimate of drug-likeness (QED) is 0.171. The predicted octanol–water partition coefficient (Wildman–Crippen LogP) is 8.31. The van der Waals surface area contributed by atoms with Crippen LogP contribution in [-0.2, 0) is 6.42 Å². The van der Waals surface area contributed by atoms with E-state index in [9.17, 15) is 0 Å². The van der Waals surface area contributed by atoms with Gasteiger partial charge in [0.1, 0.15) is 0 Å². The number of benzene rings is 5. The Morgan fingerprint density at radius 3 is 1.27 bits per heavy atom. The van der Waals surface area contributed by atoms with Gasteiger partial charge in [-0.05, 0) is 52.6 Å². The largest absolute Gasteiger partial charge is 0.289 e. The molecule has 2 heterocycles. The van der Waals surface area contributed by atoms with Crippen LogP contribution in [0.3, 0.4) is 0 Å². The minimum absolute atomic E-state index is 0.294. The lowest BCUT2D eigenvalue weighted by atomic mass is 9.82. The SMILES string of the molecule is c1ccc(C(c2ccccc2)N2CC(N(C3CN(C(c4ccccc4)c4ccccc4)C3)C3CCCc4ccccc43)C2)cc1. The van der Waals surface area contributed by atoms with Crippen LogP contribution in [0.1, 0.15) is 64.3 Å². The molecule has 3 heteroatoms. The lowest BCUT2D eigenvalue weighted by molar-refractivity contribution is -0.0861. The summed E-state index contributed by atoms with van der Waals surface area (Å²) in [5.74, 6) is 0. The molecule has 2 aliphatic heterocycles. The van der Waals surface area contributed by atoms with Crippen LogP contribution in [0.2, 0.25) is 0 Å². The number of hydrogen-bond acceptors (Lipinski definition) is 3. The van der Waals surface area contributed by atoms with Crippen LogP contribution in [0.4, 0.5) is 0 Å². The van der Waals surface area contributed by atoms with Gasteiger partial charge in [0.15, 0.2) is 0 Å². The number of likely N-dealkylation sites (tertiary alicyclic amines) is 2. The molecule has 0 amide bonds. The van der Waals surface area contributed by atoms with Crippen LogP contribution in [0.25, 0.3) is 0 Å². The first-order valence-electron chi connectivity index (χ1n) is 16.9. The lowest BCUT2D eigenvalue weighted by Crippen LogP contribution is -2.69. The Hall–Kier alpha value is -4.02. The summed E-state index contributed by atoms with van der Waals surface area (Å²) in [6.45, 7) is 4.41. The fraction of sp³-hybridized carbons (Fsp3) is 0.286. The molecule has 5 aromatic rings. The van der Waals surface area contributed by atoms with Gasteiger partial charge in [-0.1, -0.05) is 146 Å². The second-order valence-electron chi connectivity index (χ2n) is 13.2. The van der Waals surface area contributed by atoms with E-state index < -0.39 is 0 Å². The summed E-state index contributed by atoms with van der Waals surface area (Å²) < 4.78 is 0. The fourth-order valence-electron chi connectivity index (χ4n) is 8.39. The molecule has 1 unspecified atom stereocenters. The van der Waals surface area contributed by atoms with E-state index in [2.05, 4.69) is 160 Å². The average molecular weight is 590 g/mol. The highest BCUT2D eigenvalue weighted by Crippen LogP contribution is 2.44. The van der Waals surface area contributed by atoms with Crippen molar-refractivity contribution < 1.29 is 0 Å². The van der Waals surface area contributed by atoms with Crippen molar-refractivity contribution in [1.29, 1.82) is 0 Å². The van der Waals surface area contributed by atoms with Gasteiger partial charge in [0.2, 0.25) is 0 Å². The molecule has 0 bridgehead atoms. The van der Waals surface area contributed by atoms with Crippen molar-refractivity contribution in [2.45, 2.75) is 49.5 Å². The van der Waals surface area contributed by atoms with Gasteiger partial charge in [0, 0.05) is 44.3 Å². The van der Waals surface area contributed by atoms with E-state index in [-0.39, 0.29) is 0 Å². The Kier molecular flexibility index (Phi) is 8.07. The van der Waals surface area contributed by atoms with Crippen LogP contribution in [0, 0.1) is 0 Å². The van der Waals surface area contributed by atoms with Crippen molar-refractivity contribution in [2.24, 2.45) is 0 Å². The Labute approximate surface area is 268 Å². The first-order valence-corrected chi connectivity index (χ1v) is 16.9. The van der Waals surface area contributed by atoms with Crippen LogP contribution >= 0.6 is 0 Å². The minimum atomic E-state index is 0.294. The van der Waals surface area contributed by atoms with E-state index in [0.717, 1.165) is 26.2 Å². The van der Waals surface area contributed by atoms with Crippen LogP contribution in [0.15, 0.2) is 146 Å². The Bertz CT molecular complexity index is 1480. The second kappa shape index (κ2) is 12.8. The van der Waals surface area contributed by atoms with Gasteiger partial charge in [0.05, 0.1) is 12.1 Å². The maximum absolute atomic E-state index is 2.98. The van der Waals surface area contributed by atoms with E-state index >= 15 is 0 Å². The normalized spacial score (nSPS) is 19.4. The molecule has 0 spiro atoms. The molecule has 3 aliphatic rings. The summed E-state index contributed by atoms with van der Waals surface area (Å²) in [4.78, 5) is 8.40. The highest BCUT2D eigenvalue weighted by atomic mass is 15.4. The van der Waals surface area contributed by atoms with Crippen molar-refractivity contribution in [3.8, 4) is 0 Å². The highest BCUT2D eigenvalue weighted by Gasteiger charge is 2.47. The molecule has 2 saturated heterocycles. The zero-order valence-electron chi connectivity index (χ0n) is 26.0. The number of rotatable bonds is 9. The molecule has 2 fully saturated rings. The first-order chi connectivity index (χ1) is 22.3. The Morgan fingerprint density at radius 1 is 0.467 bits per heavy atom. The summed E-state index contributed by atoms with van der Waals surface area (Å²) in [5, 5.41) is 0. The van der Waals surface area contributed by atoms with Gasteiger partial charge in [-0.2, -0.15) is 0 Å². The van der Waals surface area contributed by atoms with Gasteiger partial charge in [-0.3, -0.25) is 14.7 Å². The molecule has 0 N–H and O–H groups in total.